The number of ether oxygens (including phenoxy) is 1. The number of rotatable bonds is 6. The molecule has 0 saturated carbocycles. The predicted octanol–water partition coefficient (Wildman–Crippen LogP) is 4.51. The highest BCUT2D eigenvalue weighted by atomic mass is 79.9. The summed E-state index contributed by atoms with van der Waals surface area (Å²) in [6.45, 7) is 2.68. The third kappa shape index (κ3) is 4.14. The molecule has 0 aliphatic carbocycles. The maximum atomic E-state index is 6.19. The first-order valence-electron chi connectivity index (χ1n) is 6.35. The van der Waals surface area contributed by atoms with Crippen molar-refractivity contribution in [3.63, 3.8) is 0 Å². The second kappa shape index (κ2) is 7.20. The summed E-state index contributed by atoms with van der Waals surface area (Å²) in [5, 5.41) is 2.07. The molecular formula is C15H18BrNOS. The summed E-state index contributed by atoms with van der Waals surface area (Å²) in [4.78, 5) is 1.18. The molecule has 0 saturated heterocycles. The summed E-state index contributed by atoms with van der Waals surface area (Å²) in [5.74, 6) is 0. The molecule has 0 bridgehead atoms. The van der Waals surface area contributed by atoms with Crippen LogP contribution in [-0.4, -0.2) is 6.04 Å². The van der Waals surface area contributed by atoms with Gasteiger partial charge < -0.3 is 10.5 Å². The Bertz CT molecular complexity index is 500. The largest absolute Gasteiger partial charge is 0.366 e. The maximum absolute atomic E-state index is 6.19. The average Bonchev–Trinajstić information content (AvgIpc) is 2.86. The van der Waals surface area contributed by atoms with Gasteiger partial charge in [0.2, 0.25) is 0 Å². The van der Waals surface area contributed by atoms with Crippen LogP contribution in [0, 0.1) is 0 Å². The van der Waals surface area contributed by atoms with Crippen LogP contribution >= 0.6 is 27.3 Å². The van der Waals surface area contributed by atoms with E-state index in [4.69, 9.17) is 10.5 Å². The molecule has 1 aromatic heterocycles. The fourth-order valence-corrected chi connectivity index (χ4v) is 3.44. The summed E-state index contributed by atoms with van der Waals surface area (Å²) < 4.78 is 7.13. The molecule has 2 N–H and O–H groups in total. The summed E-state index contributed by atoms with van der Waals surface area (Å²) in [6.07, 6.45) is 0.858. The van der Waals surface area contributed by atoms with E-state index in [1.165, 1.54) is 10.4 Å². The lowest BCUT2D eigenvalue weighted by atomic mass is 10.1. The van der Waals surface area contributed by atoms with Crippen molar-refractivity contribution >= 4 is 27.3 Å². The zero-order valence-corrected chi connectivity index (χ0v) is 13.3. The number of hydrogen-bond acceptors (Lipinski definition) is 3. The molecule has 19 heavy (non-hydrogen) atoms. The summed E-state index contributed by atoms with van der Waals surface area (Å²) in [6, 6.07) is 12.3. The molecule has 0 fully saturated rings. The lowest BCUT2D eigenvalue weighted by Gasteiger charge is -2.22. The van der Waals surface area contributed by atoms with Gasteiger partial charge in [0.25, 0.3) is 0 Å². The van der Waals surface area contributed by atoms with Crippen molar-refractivity contribution < 1.29 is 4.74 Å². The van der Waals surface area contributed by atoms with Crippen molar-refractivity contribution in [1.29, 1.82) is 0 Å². The highest BCUT2D eigenvalue weighted by molar-refractivity contribution is 9.10. The van der Waals surface area contributed by atoms with Gasteiger partial charge in [-0.25, -0.2) is 0 Å². The SMILES string of the molecule is CCC(N)C(OCc1ccccc1)c1cc(Br)cs1. The fourth-order valence-electron chi connectivity index (χ4n) is 1.87. The molecule has 1 aromatic carbocycles. The van der Waals surface area contributed by atoms with E-state index in [2.05, 4.69) is 46.4 Å². The molecule has 0 spiro atoms. The lowest BCUT2D eigenvalue weighted by Crippen LogP contribution is -2.29. The molecular weight excluding hydrogens is 322 g/mol. The van der Waals surface area contributed by atoms with Crippen LogP contribution in [0.15, 0.2) is 46.3 Å². The van der Waals surface area contributed by atoms with Gasteiger partial charge in [-0.05, 0) is 34.0 Å². The Morgan fingerprint density at radius 1 is 1.32 bits per heavy atom. The number of thiophene rings is 1. The second-order valence-corrected chi connectivity index (χ2v) is 6.32. The van der Waals surface area contributed by atoms with Crippen LogP contribution in [0.3, 0.4) is 0 Å². The van der Waals surface area contributed by atoms with Crippen LogP contribution < -0.4 is 5.73 Å². The monoisotopic (exact) mass is 339 g/mol. The molecule has 102 valence electrons. The third-order valence-corrected chi connectivity index (χ3v) is 4.76. The molecule has 0 aliphatic rings. The first-order valence-corrected chi connectivity index (χ1v) is 8.03. The topological polar surface area (TPSA) is 35.2 Å². The quantitative estimate of drug-likeness (QED) is 0.840. The predicted molar refractivity (Wildman–Crippen MR) is 84.3 cm³/mol. The van der Waals surface area contributed by atoms with E-state index in [1.54, 1.807) is 11.3 Å². The van der Waals surface area contributed by atoms with Crippen LogP contribution in [0.4, 0.5) is 0 Å². The van der Waals surface area contributed by atoms with Crippen molar-refractivity contribution in [2.75, 3.05) is 0 Å². The van der Waals surface area contributed by atoms with E-state index in [1.807, 2.05) is 18.2 Å². The fraction of sp³-hybridized carbons (Fsp3) is 0.333. The molecule has 1 heterocycles. The molecule has 0 radical (unpaired) electrons. The maximum Gasteiger partial charge on any atom is 0.107 e. The van der Waals surface area contributed by atoms with Crippen molar-refractivity contribution in [1.82, 2.24) is 0 Å². The smallest absolute Gasteiger partial charge is 0.107 e. The zero-order chi connectivity index (χ0) is 13.7. The number of nitrogens with two attached hydrogens (primary N) is 1. The molecule has 2 rings (SSSR count). The van der Waals surface area contributed by atoms with Gasteiger partial charge in [0.15, 0.2) is 0 Å². The Balaban J connectivity index is 2.06. The van der Waals surface area contributed by atoms with Crippen LogP contribution in [0.2, 0.25) is 0 Å². The van der Waals surface area contributed by atoms with Crippen molar-refractivity contribution in [3.05, 3.63) is 56.7 Å². The Labute approximate surface area is 126 Å². The van der Waals surface area contributed by atoms with Crippen LogP contribution in [0.5, 0.6) is 0 Å². The van der Waals surface area contributed by atoms with E-state index in [0.717, 1.165) is 10.9 Å². The molecule has 4 heteroatoms. The highest BCUT2D eigenvalue weighted by Crippen LogP contribution is 2.31. The lowest BCUT2D eigenvalue weighted by molar-refractivity contribution is 0.0236. The van der Waals surface area contributed by atoms with Gasteiger partial charge in [-0.15, -0.1) is 11.3 Å². The molecule has 2 unspecified atom stereocenters. The van der Waals surface area contributed by atoms with E-state index in [0.29, 0.717) is 6.61 Å². The summed E-state index contributed by atoms with van der Waals surface area (Å²) >= 11 is 5.17. The Morgan fingerprint density at radius 2 is 2.05 bits per heavy atom. The standard InChI is InChI=1S/C15H18BrNOS/c1-2-13(17)15(14-8-12(16)10-19-14)18-9-11-6-4-3-5-7-11/h3-8,10,13,15H,2,9,17H2,1H3. The van der Waals surface area contributed by atoms with Crippen LogP contribution in [0.1, 0.15) is 29.9 Å². The van der Waals surface area contributed by atoms with E-state index < -0.39 is 0 Å². The minimum absolute atomic E-state index is 0.0225. The van der Waals surface area contributed by atoms with Crippen LogP contribution in [0.25, 0.3) is 0 Å². The summed E-state index contributed by atoms with van der Waals surface area (Å²) in [7, 11) is 0. The second-order valence-electron chi connectivity index (χ2n) is 4.46. The molecule has 2 nitrogen and oxygen atoms in total. The molecule has 0 aliphatic heterocycles. The van der Waals surface area contributed by atoms with Crippen molar-refractivity contribution in [2.45, 2.75) is 32.1 Å². The minimum atomic E-state index is -0.0403. The highest BCUT2D eigenvalue weighted by Gasteiger charge is 2.21. The molecule has 0 amide bonds. The zero-order valence-electron chi connectivity index (χ0n) is 10.9. The van der Waals surface area contributed by atoms with Crippen molar-refractivity contribution in [3.8, 4) is 0 Å². The molecule has 2 atom stereocenters. The van der Waals surface area contributed by atoms with E-state index in [-0.39, 0.29) is 12.1 Å². The van der Waals surface area contributed by atoms with Gasteiger partial charge in [0.05, 0.1) is 6.61 Å². The van der Waals surface area contributed by atoms with Gasteiger partial charge in [-0.1, -0.05) is 37.3 Å². The van der Waals surface area contributed by atoms with E-state index >= 15 is 0 Å². The first-order chi connectivity index (χ1) is 9.20. The van der Waals surface area contributed by atoms with Gasteiger partial charge in [-0.3, -0.25) is 0 Å². The third-order valence-electron chi connectivity index (χ3n) is 3.00. The Hall–Kier alpha value is -0.680. The summed E-state index contributed by atoms with van der Waals surface area (Å²) in [5.41, 5.74) is 7.36. The Morgan fingerprint density at radius 3 is 2.63 bits per heavy atom. The van der Waals surface area contributed by atoms with Crippen LogP contribution in [-0.2, 0) is 11.3 Å². The average molecular weight is 340 g/mol. The van der Waals surface area contributed by atoms with E-state index in [9.17, 15) is 0 Å². The van der Waals surface area contributed by atoms with Gasteiger partial charge in [-0.2, -0.15) is 0 Å². The minimum Gasteiger partial charge on any atom is -0.366 e. The van der Waals surface area contributed by atoms with Gasteiger partial charge in [0, 0.05) is 20.8 Å². The first kappa shape index (κ1) is 14.7. The number of hydrogen-bond donors (Lipinski definition) is 1. The Kier molecular flexibility index (Phi) is 5.58. The van der Waals surface area contributed by atoms with Crippen molar-refractivity contribution in [2.24, 2.45) is 5.73 Å². The number of benzene rings is 1. The normalized spacial score (nSPS) is 14.3. The number of halogens is 1. The van der Waals surface area contributed by atoms with Gasteiger partial charge >= 0.3 is 0 Å². The van der Waals surface area contributed by atoms with Gasteiger partial charge in [0.1, 0.15) is 6.10 Å². The molecule has 2 aromatic rings.